The Morgan fingerprint density at radius 1 is 1.71 bits per heavy atom. The fraction of sp³-hybridized carbons (Fsp3) is 0. The molecule has 0 nitrogen and oxygen atoms in total. The van der Waals surface area contributed by atoms with Crippen LogP contribution in [0.3, 0.4) is 0 Å². The second kappa shape index (κ2) is 1.94. The molecule has 0 aliphatic rings. The molecule has 0 aliphatic heterocycles. The molecule has 0 spiro atoms. The van der Waals surface area contributed by atoms with Crippen LogP contribution in [0.4, 0.5) is 0 Å². The summed E-state index contributed by atoms with van der Waals surface area (Å²) in [5.74, 6) is 0. The molecule has 0 aromatic carbocycles. The average molecular weight is 109 g/mol. The van der Waals surface area contributed by atoms with Crippen molar-refractivity contribution in [2.75, 3.05) is 0 Å². The molecule has 1 aromatic rings. The van der Waals surface area contributed by atoms with Crippen LogP contribution in [-0.2, 0) is 0 Å². The van der Waals surface area contributed by atoms with Crippen LogP contribution >= 0.6 is 11.3 Å². The highest BCUT2D eigenvalue weighted by Crippen LogP contribution is 2.05. The molecule has 1 heterocycles. The molecular formula is C6H5S. The van der Waals surface area contributed by atoms with E-state index in [1.807, 2.05) is 17.5 Å². The molecule has 0 aliphatic carbocycles. The van der Waals surface area contributed by atoms with Crippen molar-refractivity contribution in [3.63, 3.8) is 0 Å². The molecule has 1 aromatic heterocycles. The van der Waals surface area contributed by atoms with Crippen LogP contribution in [0.5, 0.6) is 0 Å². The van der Waals surface area contributed by atoms with E-state index in [9.17, 15) is 0 Å². The molecule has 0 unspecified atom stereocenters. The zero-order valence-electron chi connectivity index (χ0n) is 3.85. The third kappa shape index (κ3) is 0.904. The van der Waals surface area contributed by atoms with Crippen molar-refractivity contribution in [3.8, 4) is 0 Å². The van der Waals surface area contributed by atoms with Gasteiger partial charge in [0, 0.05) is 4.88 Å². The summed E-state index contributed by atoms with van der Waals surface area (Å²) in [7, 11) is 0. The molecule has 1 heteroatoms. The molecule has 0 saturated carbocycles. The van der Waals surface area contributed by atoms with Crippen LogP contribution in [-0.4, -0.2) is 0 Å². The summed E-state index contributed by atoms with van der Waals surface area (Å²) in [6.45, 7) is 3.49. The summed E-state index contributed by atoms with van der Waals surface area (Å²) in [6, 6.07) is 3.97. The van der Waals surface area contributed by atoms with Gasteiger partial charge in [-0.3, -0.25) is 0 Å². The maximum Gasteiger partial charge on any atom is 0.0343 e. The van der Waals surface area contributed by atoms with E-state index < -0.39 is 0 Å². The maximum absolute atomic E-state index is 3.49. The fourth-order valence-corrected chi connectivity index (χ4v) is 0.923. The van der Waals surface area contributed by atoms with Crippen LogP contribution < -0.4 is 0 Å². The fourth-order valence-electron chi connectivity index (χ4n) is 0.379. The first-order valence-electron chi connectivity index (χ1n) is 2.00. The number of rotatable bonds is 1. The summed E-state index contributed by atoms with van der Waals surface area (Å²) in [5.41, 5.74) is 0. The quantitative estimate of drug-likeness (QED) is 0.518. The van der Waals surface area contributed by atoms with E-state index in [0.717, 1.165) is 4.88 Å². The number of thiophene rings is 1. The molecule has 1 rings (SSSR count). The minimum Gasteiger partial charge on any atom is -0.144 e. The lowest BCUT2D eigenvalue weighted by molar-refractivity contribution is 1.82. The van der Waals surface area contributed by atoms with E-state index in [2.05, 4.69) is 12.7 Å². The summed E-state index contributed by atoms with van der Waals surface area (Å²) in [6.07, 6.45) is 2.78. The summed E-state index contributed by atoms with van der Waals surface area (Å²) < 4.78 is 0. The highest BCUT2D eigenvalue weighted by atomic mass is 32.1. The van der Waals surface area contributed by atoms with E-state index in [1.165, 1.54) is 0 Å². The van der Waals surface area contributed by atoms with Gasteiger partial charge in [0.1, 0.15) is 0 Å². The second-order valence-electron chi connectivity index (χ2n) is 1.15. The van der Waals surface area contributed by atoms with Crippen molar-refractivity contribution in [1.29, 1.82) is 0 Å². The molecule has 1 radical (unpaired) electrons. The lowest BCUT2D eigenvalue weighted by Gasteiger charge is -1.69. The molecular weight excluding hydrogens is 104 g/mol. The third-order valence-corrected chi connectivity index (χ3v) is 1.52. The lowest BCUT2D eigenvalue weighted by atomic mass is 10.5. The first-order chi connectivity index (χ1) is 3.43. The molecule has 0 bridgehead atoms. The molecule has 7 heavy (non-hydrogen) atoms. The van der Waals surface area contributed by atoms with Crippen molar-refractivity contribution in [3.05, 3.63) is 35.0 Å². The summed E-state index contributed by atoms with van der Waals surface area (Å²) in [4.78, 5) is 1.11. The Morgan fingerprint density at radius 3 is 2.86 bits per heavy atom. The zero-order valence-corrected chi connectivity index (χ0v) is 4.66. The van der Waals surface area contributed by atoms with Crippen molar-refractivity contribution in [2.24, 2.45) is 0 Å². The monoisotopic (exact) mass is 109 g/mol. The molecule has 0 fully saturated rings. The van der Waals surface area contributed by atoms with Gasteiger partial charge in [0.2, 0.25) is 0 Å². The topological polar surface area (TPSA) is 0 Å². The van der Waals surface area contributed by atoms with Crippen LogP contribution in [0, 0.1) is 6.08 Å². The predicted octanol–water partition coefficient (Wildman–Crippen LogP) is 2.09. The van der Waals surface area contributed by atoms with Crippen molar-refractivity contribution >= 4 is 11.3 Å². The van der Waals surface area contributed by atoms with Crippen LogP contribution in [0.2, 0.25) is 0 Å². The maximum atomic E-state index is 3.49. The molecule has 0 amide bonds. The normalized spacial score (nSPS) is 8.57. The van der Waals surface area contributed by atoms with Gasteiger partial charge in [0.25, 0.3) is 0 Å². The number of hydrogen-bond acceptors (Lipinski definition) is 1. The van der Waals surface area contributed by atoms with E-state index in [0.29, 0.717) is 0 Å². The van der Waals surface area contributed by atoms with Crippen LogP contribution in [0.25, 0.3) is 0 Å². The largest absolute Gasteiger partial charge is 0.144 e. The Hall–Kier alpha value is -0.560. The summed E-state index contributed by atoms with van der Waals surface area (Å²) in [5, 5.41) is 2.01. The highest BCUT2D eigenvalue weighted by Gasteiger charge is 1.79. The van der Waals surface area contributed by atoms with E-state index in [4.69, 9.17) is 0 Å². The highest BCUT2D eigenvalue weighted by molar-refractivity contribution is 7.10. The van der Waals surface area contributed by atoms with Gasteiger partial charge in [-0.2, -0.15) is 0 Å². The number of hydrogen-bond donors (Lipinski definition) is 0. The van der Waals surface area contributed by atoms with Gasteiger partial charge in [-0.1, -0.05) is 12.6 Å². The van der Waals surface area contributed by atoms with Gasteiger partial charge in [0.05, 0.1) is 0 Å². The minimum atomic E-state index is 1.11. The average Bonchev–Trinajstić information content (AvgIpc) is 2.14. The Bertz CT molecular complexity index is 139. The van der Waals surface area contributed by atoms with Gasteiger partial charge < -0.3 is 0 Å². The van der Waals surface area contributed by atoms with Gasteiger partial charge in [-0.15, -0.1) is 11.3 Å². The lowest BCUT2D eigenvalue weighted by Crippen LogP contribution is -1.50. The zero-order chi connectivity index (χ0) is 5.11. The van der Waals surface area contributed by atoms with Gasteiger partial charge in [-0.25, -0.2) is 0 Å². The standard InChI is InChI=1S/C6H5S/c1-2-6-4-3-5-7-6/h3-5H,1H2. The smallest absolute Gasteiger partial charge is 0.0343 e. The van der Waals surface area contributed by atoms with Crippen molar-refractivity contribution in [1.82, 2.24) is 0 Å². The molecule has 0 atom stereocenters. The SMILES string of the molecule is C=[C]c1cccs1. The first kappa shape index (κ1) is 4.60. The second-order valence-corrected chi connectivity index (χ2v) is 2.10. The van der Waals surface area contributed by atoms with Crippen LogP contribution in [0.15, 0.2) is 24.1 Å². The van der Waals surface area contributed by atoms with Crippen molar-refractivity contribution < 1.29 is 0 Å². The Morgan fingerprint density at radius 2 is 2.57 bits per heavy atom. The molecule has 0 N–H and O–H groups in total. The van der Waals surface area contributed by atoms with Gasteiger partial charge in [-0.05, 0) is 17.5 Å². The Labute approximate surface area is 47.1 Å². The summed E-state index contributed by atoms with van der Waals surface area (Å²) >= 11 is 1.65. The Balaban J connectivity index is 2.96. The van der Waals surface area contributed by atoms with E-state index in [1.54, 1.807) is 11.3 Å². The van der Waals surface area contributed by atoms with E-state index >= 15 is 0 Å². The minimum absolute atomic E-state index is 1.11. The van der Waals surface area contributed by atoms with Gasteiger partial charge in [0.15, 0.2) is 0 Å². The molecule has 35 valence electrons. The van der Waals surface area contributed by atoms with Crippen molar-refractivity contribution in [2.45, 2.75) is 0 Å². The first-order valence-corrected chi connectivity index (χ1v) is 2.88. The molecule has 0 saturated heterocycles. The third-order valence-electron chi connectivity index (χ3n) is 0.695. The Kier molecular flexibility index (Phi) is 1.27. The van der Waals surface area contributed by atoms with Gasteiger partial charge >= 0.3 is 0 Å². The van der Waals surface area contributed by atoms with E-state index in [-0.39, 0.29) is 0 Å². The predicted molar refractivity (Wildman–Crippen MR) is 32.3 cm³/mol. The van der Waals surface area contributed by atoms with Crippen LogP contribution in [0.1, 0.15) is 4.88 Å².